The molecule has 0 saturated heterocycles. The minimum atomic E-state index is -0.0142. The Morgan fingerprint density at radius 3 is 2.30 bits per heavy atom. The Hall–Kier alpha value is -2.68. The molecule has 0 aliphatic heterocycles. The van der Waals surface area contributed by atoms with Crippen molar-refractivity contribution < 1.29 is 8.98 Å². The van der Waals surface area contributed by atoms with Crippen molar-refractivity contribution in [3.63, 3.8) is 0 Å². The molecule has 0 unspecified atom stereocenters. The van der Waals surface area contributed by atoms with Crippen molar-refractivity contribution in [2.45, 2.75) is 60.3 Å². The summed E-state index contributed by atoms with van der Waals surface area (Å²) in [6.45, 7) is 15.5. The molecule has 3 aromatic heterocycles. The van der Waals surface area contributed by atoms with Crippen molar-refractivity contribution in [1.82, 2.24) is 4.98 Å². The zero-order chi connectivity index (χ0) is 21.8. The van der Waals surface area contributed by atoms with Crippen molar-refractivity contribution in [3.05, 3.63) is 59.4 Å². The molecule has 3 heteroatoms. The molecule has 0 spiro atoms. The molecular formula is C27H33N2O+. The van der Waals surface area contributed by atoms with Crippen LogP contribution in [-0.4, -0.2) is 4.98 Å². The first-order chi connectivity index (χ1) is 13.9. The fourth-order valence-corrected chi connectivity index (χ4v) is 4.14. The van der Waals surface area contributed by atoms with Gasteiger partial charge in [0.15, 0.2) is 11.8 Å². The molecule has 4 rings (SSSR count). The van der Waals surface area contributed by atoms with Gasteiger partial charge in [-0.05, 0) is 42.0 Å². The number of furan rings is 1. The third-order valence-electron chi connectivity index (χ3n) is 5.69. The molecule has 3 nitrogen and oxygen atoms in total. The molecule has 0 saturated carbocycles. The summed E-state index contributed by atoms with van der Waals surface area (Å²) in [5.74, 6) is 0. The van der Waals surface area contributed by atoms with E-state index in [2.05, 4.69) is 103 Å². The predicted octanol–water partition coefficient (Wildman–Crippen LogP) is 6.67. The fraction of sp³-hybridized carbons (Fsp3) is 0.407. The molecule has 3 heterocycles. The maximum Gasteiger partial charge on any atom is 0.227 e. The van der Waals surface area contributed by atoms with Crippen LogP contribution in [0.15, 0.2) is 47.0 Å². The quantitative estimate of drug-likeness (QED) is 0.351. The lowest BCUT2D eigenvalue weighted by molar-refractivity contribution is -0.660. The van der Waals surface area contributed by atoms with E-state index in [0.717, 1.165) is 39.7 Å². The van der Waals surface area contributed by atoms with Gasteiger partial charge in [-0.3, -0.25) is 0 Å². The number of aromatic nitrogens is 2. The van der Waals surface area contributed by atoms with Gasteiger partial charge in [0.1, 0.15) is 7.05 Å². The summed E-state index contributed by atoms with van der Waals surface area (Å²) in [4.78, 5) is 4.86. The SMILES string of the molecule is Cc1ccc2c(oc3nc(C(C)(C)C)ccc32)c1-c1cc(CC(C)(C)C)cc[n+]1C. The molecule has 156 valence electrons. The number of hydrogen-bond donors (Lipinski definition) is 0. The summed E-state index contributed by atoms with van der Waals surface area (Å²) in [6, 6.07) is 13.2. The monoisotopic (exact) mass is 401 g/mol. The van der Waals surface area contributed by atoms with Gasteiger partial charge in [0.2, 0.25) is 11.4 Å². The topological polar surface area (TPSA) is 29.9 Å². The summed E-state index contributed by atoms with van der Waals surface area (Å²) in [5.41, 5.74) is 7.80. The predicted molar refractivity (Wildman–Crippen MR) is 125 cm³/mol. The first-order valence-electron chi connectivity index (χ1n) is 10.8. The maximum atomic E-state index is 6.43. The Morgan fingerprint density at radius 2 is 1.63 bits per heavy atom. The number of hydrogen-bond acceptors (Lipinski definition) is 2. The molecule has 0 fully saturated rings. The van der Waals surface area contributed by atoms with Crippen molar-refractivity contribution in [2.24, 2.45) is 12.5 Å². The summed E-state index contributed by atoms with van der Waals surface area (Å²) in [7, 11) is 2.10. The first kappa shape index (κ1) is 20.6. The zero-order valence-corrected chi connectivity index (χ0v) is 19.6. The second-order valence-electron chi connectivity index (χ2n) is 10.8. The van der Waals surface area contributed by atoms with Gasteiger partial charge >= 0.3 is 0 Å². The fourth-order valence-electron chi connectivity index (χ4n) is 4.14. The smallest absolute Gasteiger partial charge is 0.227 e. The second kappa shape index (κ2) is 6.94. The summed E-state index contributed by atoms with van der Waals surface area (Å²) in [5, 5.41) is 2.20. The van der Waals surface area contributed by atoms with E-state index in [0.29, 0.717) is 0 Å². The molecule has 30 heavy (non-hydrogen) atoms. The summed E-state index contributed by atoms with van der Waals surface area (Å²) < 4.78 is 8.62. The van der Waals surface area contributed by atoms with Gasteiger partial charge in [-0.25, -0.2) is 9.55 Å². The van der Waals surface area contributed by atoms with E-state index in [1.165, 1.54) is 16.8 Å². The Bertz CT molecular complexity index is 1250. The van der Waals surface area contributed by atoms with Gasteiger partial charge < -0.3 is 4.42 Å². The van der Waals surface area contributed by atoms with Crippen LogP contribution in [0.5, 0.6) is 0 Å². The largest absolute Gasteiger partial charge is 0.437 e. The van der Waals surface area contributed by atoms with Crippen LogP contribution in [-0.2, 0) is 18.9 Å². The average Bonchev–Trinajstić information content (AvgIpc) is 2.99. The van der Waals surface area contributed by atoms with Crippen LogP contribution < -0.4 is 4.57 Å². The maximum absolute atomic E-state index is 6.43. The van der Waals surface area contributed by atoms with Gasteiger partial charge in [-0.2, -0.15) is 0 Å². The number of benzene rings is 1. The molecule has 4 aromatic rings. The van der Waals surface area contributed by atoms with Gasteiger partial charge in [-0.1, -0.05) is 53.7 Å². The van der Waals surface area contributed by atoms with Crippen LogP contribution in [0.25, 0.3) is 33.3 Å². The van der Waals surface area contributed by atoms with Crippen LogP contribution in [0.2, 0.25) is 0 Å². The van der Waals surface area contributed by atoms with E-state index in [9.17, 15) is 0 Å². The summed E-state index contributed by atoms with van der Waals surface area (Å²) in [6.07, 6.45) is 3.19. The average molecular weight is 402 g/mol. The Kier molecular flexibility index (Phi) is 4.76. The van der Waals surface area contributed by atoms with Gasteiger partial charge in [0.05, 0.1) is 5.56 Å². The zero-order valence-electron chi connectivity index (χ0n) is 19.6. The lowest BCUT2D eigenvalue weighted by atomic mass is 9.88. The molecule has 1 aromatic carbocycles. The lowest BCUT2D eigenvalue weighted by Gasteiger charge is -2.18. The number of rotatable bonds is 2. The number of nitrogens with zero attached hydrogens (tertiary/aromatic N) is 2. The third kappa shape index (κ3) is 3.74. The highest BCUT2D eigenvalue weighted by Gasteiger charge is 2.24. The highest BCUT2D eigenvalue weighted by Crippen LogP contribution is 2.37. The molecular weight excluding hydrogens is 368 g/mol. The number of pyridine rings is 2. The third-order valence-corrected chi connectivity index (χ3v) is 5.69. The van der Waals surface area contributed by atoms with E-state index >= 15 is 0 Å². The summed E-state index contributed by atoms with van der Waals surface area (Å²) >= 11 is 0. The van der Waals surface area contributed by atoms with Crippen molar-refractivity contribution >= 4 is 22.1 Å². The molecule has 0 N–H and O–H groups in total. The number of aryl methyl sites for hydroxylation is 2. The Balaban J connectivity index is 1.97. The van der Waals surface area contributed by atoms with Crippen molar-refractivity contribution in [3.8, 4) is 11.3 Å². The van der Waals surface area contributed by atoms with E-state index in [1.54, 1.807) is 0 Å². The van der Waals surface area contributed by atoms with Crippen LogP contribution >= 0.6 is 0 Å². The van der Waals surface area contributed by atoms with Crippen LogP contribution in [0, 0.1) is 12.3 Å². The molecule has 0 bridgehead atoms. The second-order valence-corrected chi connectivity index (χ2v) is 10.8. The molecule has 0 aliphatic carbocycles. The van der Waals surface area contributed by atoms with Gasteiger partial charge in [-0.15, -0.1) is 0 Å². The molecule has 0 radical (unpaired) electrons. The number of fused-ring (bicyclic) bond motifs is 3. The van der Waals surface area contributed by atoms with Crippen LogP contribution in [0.4, 0.5) is 0 Å². The van der Waals surface area contributed by atoms with Crippen LogP contribution in [0.3, 0.4) is 0 Å². The molecule has 0 amide bonds. The highest BCUT2D eigenvalue weighted by molar-refractivity contribution is 6.08. The normalized spacial score (nSPS) is 12.8. The van der Waals surface area contributed by atoms with E-state index in [1.807, 2.05) is 0 Å². The van der Waals surface area contributed by atoms with Crippen molar-refractivity contribution in [1.29, 1.82) is 0 Å². The Morgan fingerprint density at radius 1 is 0.933 bits per heavy atom. The van der Waals surface area contributed by atoms with Crippen LogP contribution in [0.1, 0.15) is 58.4 Å². The van der Waals surface area contributed by atoms with E-state index in [4.69, 9.17) is 9.40 Å². The minimum Gasteiger partial charge on any atom is -0.437 e. The van der Waals surface area contributed by atoms with E-state index in [-0.39, 0.29) is 10.8 Å². The first-order valence-corrected chi connectivity index (χ1v) is 10.8. The Labute approximate surface area is 179 Å². The highest BCUT2D eigenvalue weighted by atomic mass is 16.3. The minimum absolute atomic E-state index is 0.0142. The lowest BCUT2D eigenvalue weighted by Crippen LogP contribution is -2.31. The van der Waals surface area contributed by atoms with E-state index < -0.39 is 0 Å². The van der Waals surface area contributed by atoms with Gasteiger partial charge in [0.25, 0.3) is 0 Å². The van der Waals surface area contributed by atoms with Crippen molar-refractivity contribution in [2.75, 3.05) is 0 Å². The standard InChI is InChI=1S/C27H33N2O/c1-17-9-10-19-20-11-12-22(27(5,6)7)28-25(20)30-24(19)23(17)21-15-18(13-14-29(21)8)16-26(2,3)4/h9-15H,16H2,1-8H3/q+1. The van der Waals surface area contributed by atoms with Gasteiger partial charge in [0, 0.05) is 34.0 Å². The molecule has 0 aliphatic rings. The molecule has 0 atom stereocenters.